The molecule has 2 unspecified atom stereocenters. The molecule has 1 heterocycles. The number of aliphatic hydroxyl groups is 1. The molecule has 0 aliphatic rings. The molecule has 3 aromatic rings. The van der Waals surface area contributed by atoms with Crippen LogP contribution in [0.5, 0.6) is 5.75 Å². The average molecular weight is 450 g/mol. The molecule has 0 aliphatic heterocycles. The van der Waals surface area contributed by atoms with E-state index in [0.717, 1.165) is 5.56 Å². The number of ether oxygens (including phenoxy) is 1. The van der Waals surface area contributed by atoms with Gasteiger partial charge in [-0.3, -0.25) is 15.4 Å². The number of benzene rings is 2. The molecule has 2 aromatic carbocycles. The van der Waals surface area contributed by atoms with Crippen molar-refractivity contribution in [2.45, 2.75) is 25.7 Å². The molecule has 0 fully saturated rings. The summed E-state index contributed by atoms with van der Waals surface area (Å²) in [7, 11) is 0. The monoisotopic (exact) mass is 449 g/mol. The number of nitro groups is 1. The van der Waals surface area contributed by atoms with Gasteiger partial charge in [-0.05, 0) is 36.2 Å². The smallest absolute Gasteiger partial charge is 0.349 e. The largest absolute Gasteiger partial charge is 1.00 e. The zero-order valence-electron chi connectivity index (χ0n) is 16.1. The molecule has 0 spiro atoms. The minimum atomic E-state index is -0.862. The van der Waals surface area contributed by atoms with Crippen molar-refractivity contribution >= 4 is 23.1 Å². The van der Waals surface area contributed by atoms with Crippen molar-refractivity contribution in [1.29, 1.82) is 0 Å². The fourth-order valence-electron chi connectivity index (χ4n) is 2.87. The molecule has 158 valence electrons. The van der Waals surface area contributed by atoms with Crippen LogP contribution >= 0.6 is 11.6 Å². The molecule has 0 amide bonds. The van der Waals surface area contributed by atoms with E-state index in [0.29, 0.717) is 17.9 Å². The van der Waals surface area contributed by atoms with Crippen molar-refractivity contribution in [1.82, 2.24) is 4.98 Å². The highest BCUT2D eigenvalue weighted by Gasteiger charge is 2.26. The maximum Gasteiger partial charge on any atom is 0.349 e. The van der Waals surface area contributed by atoms with Crippen molar-refractivity contribution in [2.24, 2.45) is 0 Å². The molecular formula is C21H21Cl2N3O4. The number of rotatable bonds is 8. The van der Waals surface area contributed by atoms with Gasteiger partial charge in [0, 0.05) is 6.07 Å². The first-order valence-corrected chi connectivity index (χ1v) is 9.42. The number of aromatic nitrogens is 1. The lowest BCUT2D eigenvalue weighted by Crippen LogP contribution is -3.00. The highest BCUT2D eigenvalue weighted by Crippen LogP contribution is 2.23. The van der Waals surface area contributed by atoms with Crippen LogP contribution in [0.2, 0.25) is 5.15 Å². The first-order chi connectivity index (χ1) is 13.9. The molecule has 3 N–H and O–H groups in total. The molecule has 2 atom stereocenters. The predicted molar refractivity (Wildman–Crippen MR) is 109 cm³/mol. The van der Waals surface area contributed by atoms with Crippen LogP contribution in [0.25, 0.3) is 0 Å². The second-order valence-corrected chi connectivity index (χ2v) is 7.00. The van der Waals surface area contributed by atoms with E-state index in [4.69, 9.17) is 16.3 Å². The maximum atomic E-state index is 11.2. The maximum absolute atomic E-state index is 11.2. The molecule has 0 bridgehead atoms. The van der Waals surface area contributed by atoms with Crippen LogP contribution in [0.3, 0.4) is 0 Å². The van der Waals surface area contributed by atoms with Crippen LogP contribution in [0.1, 0.15) is 24.2 Å². The molecule has 1 aromatic heterocycles. The van der Waals surface area contributed by atoms with Crippen molar-refractivity contribution in [3.05, 3.63) is 93.1 Å². The molecule has 0 radical (unpaired) electrons. The van der Waals surface area contributed by atoms with Crippen molar-refractivity contribution in [3.8, 4) is 5.75 Å². The Kier molecular flexibility index (Phi) is 8.56. The molecule has 3 rings (SSSR count). The first kappa shape index (κ1) is 23.6. The van der Waals surface area contributed by atoms with E-state index in [1.165, 1.54) is 12.1 Å². The van der Waals surface area contributed by atoms with Gasteiger partial charge in [0.1, 0.15) is 29.7 Å². The normalized spacial score (nSPS) is 12.5. The number of nitrogens with two attached hydrogens (primary N) is 1. The van der Waals surface area contributed by atoms with E-state index in [2.05, 4.69) is 4.98 Å². The molecule has 0 saturated carbocycles. The number of quaternary nitrogens is 1. The highest BCUT2D eigenvalue weighted by atomic mass is 35.5. The first-order valence-electron chi connectivity index (χ1n) is 9.04. The summed E-state index contributed by atoms with van der Waals surface area (Å²) < 4.78 is 5.75. The van der Waals surface area contributed by atoms with E-state index in [1.54, 1.807) is 36.5 Å². The Hall–Kier alpha value is -2.71. The van der Waals surface area contributed by atoms with Crippen LogP contribution in [0.4, 0.5) is 11.5 Å². The Bertz CT molecular complexity index is 972. The Morgan fingerprint density at radius 3 is 2.43 bits per heavy atom. The molecule has 30 heavy (non-hydrogen) atoms. The third kappa shape index (κ3) is 6.14. The summed E-state index contributed by atoms with van der Waals surface area (Å²) in [6.45, 7) is 2.22. The van der Waals surface area contributed by atoms with Crippen molar-refractivity contribution < 1.29 is 32.5 Å². The SMILES string of the molecule is CC([NH2+]c1nc(Cl)ccc1[N+](=O)[O-])C(O)c1ccc(OCc2ccccc2)cc1.[Cl-]. The van der Waals surface area contributed by atoms with E-state index in [-0.39, 0.29) is 29.1 Å². The van der Waals surface area contributed by atoms with E-state index >= 15 is 0 Å². The number of halogens is 2. The summed E-state index contributed by atoms with van der Waals surface area (Å²) in [4.78, 5) is 14.7. The second-order valence-electron chi connectivity index (χ2n) is 6.61. The van der Waals surface area contributed by atoms with Gasteiger partial charge in [0.15, 0.2) is 0 Å². The fraction of sp³-hybridized carbons (Fsp3) is 0.190. The fourth-order valence-corrected chi connectivity index (χ4v) is 3.02. The minimum Gasteiger partial charge on any atom is -1.00 e. The predicted octanol–water partition coefficient (Wildman–Crippen LogP) is 0.543. The van der Waals surface area contributed by atoms with Gasteiger partial charge in [-0.15, -0.1) is 0 Å². The summed E-state index contributed by atoms with van der Waals surface area (Å²) in [5, 5.41) is 23.5. The molecule has 0 saturated heterocycles. The molecule has 7 nitrogen and oxygen atoms in total. The summed E-state index contributed by atoms with van der Waals surface area (Å²) in [6, 6.07) is 19.2. The summed E-state index contributed by atoms with van der Waals surface area (Å²) in [5.74, 6) is 0.824. The number of nitrogens with zero attached hydrogens (tertiary/aromatic N) is 2. The third-order valence-corrected chi connectivity index (χ3v) is 4.66. The van der Waals surface area contributed by atoms with Crippen LogP contribution < -0.4 is 22.5 Å². The summed E-state index contributed by atoms with van der Waals surface area (Å²) >= 11 is 5.86. The summed E-state index contributed by atoms with van der Waals surface area (Å²) in [6.07, 6.45) is -0.862. The van der Waals surface area contributed by atoms with Gasteiger partial charge < -0.3 is 22.3 Å². The van der Waals surface area contributed by atoms with Crippen LogP contribution in [0.15, 0.2) is 66.7 Å². The Balaban J connectivity index is 0.00000320. The lowest BCUT2D eigenvalue weighted by atomic mass is 10.0. The van der Waals surface area contributed by atoms with Crippen LogP contribution in [0, 0.1) is 10.1 Å². The second kappa shape index (κ2) is 10.9. The third-order valence-electron chi connectivity index (χ3n) is 4.45. The summed E-state index contributed by atoms with van der Waals surface area (Å²) in [5.41, 5.74) is 1.58. The van der Waals surface area contributed by atoms with Gasteiger partial charge >= 0.3 is 11.5 Å². The number of pyridine rings is 1. The number of hydrogen-bond acceptors (Lipinski definition) is 5. The lowest BCUT2D eigenvalue weighted by Gasteiger charge is -2.17. The van der Waals surface area contributed by atoms with Crippen LogP contribution in [-0.4, -0.2) is 21.1 Å². The van der Waals surface area contributed by atoms with Gasteiger partial charge in [0.05, 0.1) is 4.92 Å². The zero-order chi connectivity index (χ0) is 20.8. The zero-order valence-corrected chi connectivity index (χ0v) is 17.6. The molecule has 9 heteroatoms. The van der Waals surface area contributed by atoms with Crippen molar-refractivity contribution in [3.63, 3.8) is 0 Å². The van der Waals surface area contributed by atoms with Gasteiger partial charge in [-0.1, -0.05) is 54.1 Å². The Morgan fingerprint density at radius 2 is 1.80 bits per heavy atom. The Labute approximate surface area is 185 Å². The standard InChI is InChI=1S/C21H20ClN3O4.ClH/c1-14(23-21-18(25(27)28)11-12-19(22)24-21)20(26)16-7-9-17(10-8-16)29-13-15-5-3-2-4-6-15;/h2-12,14,20,26H,13H2,1H3,(H,23,24);1H. The molecule has 0 aliphatic carbocycles. The molecular weight excluding hydrogens is 429 g/mol. The quantitative estimate of drug-likeness (QED) is 0.297. The van der Waals surface area contributed by atoms with Gasteiger partial charge in [-0.25, -0.2) is 0 Å². The Morgan fingerprint density at radius 1 is 1.13 bits per heavy atom. The van der Waals surface area contributed by atoms with Crippen LogP contribution in [-0.2, 0) is 6.61 Å². The number of aliphatic hydroxyl groups excluding tert-OH is 1. The minimum absolute atomic E-state index is 0. The van der Waals surface area contributed by atoms with Gasteiger partial charge in [-0.2, -0.15) is 4.98 Å². The van der Waals surface area contributed by atoms with E-state index in [9.17, 15) is 15.2 Å². The van der Waals surface area contributed by atoms with Gasteiger partial charge in [0.25, 0.3) is 0 Å². The topological polar surface area (TPSA) is 102 Å². The van der Waals surface area contributed by atoms with Gasteiger partial charge in [0.2, 0.25) is 0 Å². The average Bonchev–Trinajstić information content (AvgIpc) is 2.72. The van der Waals surface area contributed by atoms with E-state index in [1.807, 2.05) is 30.3 Å². The highest BCUT2D eigenvalue weighted by molar-refractivity contribution is 6.29. The number of hydrogen-bond donors (Lipinski definition) is 2. The lowest BCUT2D eigenvalue weighted by molar-refractivity contribution is -0.625. The van der Waals surface area contributed by atoms with E-state index < -0.39 is 17.1 Å². The van der Waals surface area contributed by atoms with Crippen molar-refractivity contribution in [2.75, 3.05) is 0 Å².